The van der Waals surface area contributed by atoms with Crippen LogP contribution in [0.15, 0.2) is 46.9 Å². The molecule has 1 saturated heterocycles. The van der Waals surface area contributed by atoms with Gasteiger partial charge < -0.3 is 20.1 Å². The first-order chi connectivity index (χ1) is 14.4. The van der Waals surface area contributed by atoms with Crippen molar-refractivity contribution >= 4 is 33.4 Å². The second-order valence-corrected chi connectivity index (χ2v) is 8.64. The van der Waals surface area contributed by atoms with Crippen LogP contribution < -0.4 is 15.4 Å². The van der Waals surface area contributed by atoms with Gasteiger partial charge in [-0.1, -0.05) is 35.8 Å². The maximum atomic E-state index is 12.9. The van der Waals surface area contributed by atoms with E-state index in [1.165, 1.54) is 0 Å². The Hall–Kier alpha value is -2.38. The summed E-state index contributed by atoms with van der Waals surface area (Å²) >= 11 is 3.41. The average molecular weight is 475 g/mol. The molecule has 0 aromatic heterocycles. The number of benzene rings is 2. The number of halogens is 1. The standard InChI is InChI=1S/C23H27BrN2O4/c1-15(2)14-30-21-9-8-17(24)12-20(21)23(28)26-18-6-3-5-16(11-18)22(27)25-13-19-7-4-10-29-19/h3,5-6,8-9,11-12,15,19H,4,7,10,13-14H2,1-2H3,(H,25,27)(H,26,28). The Kier molecular flexibility index (Phi) is 7.87. The van der Waals surface area contributed by atoms with E-state index in [9.17, 15) is 9.59 Å². The van der Waals surface area contributed by atoms with Gasteiger partial charge in [0, 0.05) is 28.9 Å². The second-order valence-electron chi connectivity index (χ2n) is 7.73. The Bertz CT molecular complexity index is 895. The van der Waals surface area contributed by atoms with Crippen molar-refractivity contribution in [2.24, 2.45) is 5.92 Å². The molecule has 6 nitrogen and oxygen atoms in total. The topological polar surface area (TPSA) is 76.7 Å². The molecule has 2 N–H and O–H groups in total. The molecule has 3 rings (SSSR count). The lowest BCUT2D eigenvalue weighted by Gasteiger charge is -2.14. The largest absolute Gasteiger partial charge is 0.492 e. The molecule has 7 heteroatoms. The van der Waals surface area contributed by atoms with Gasteiger partial charge in [-0.05, 0) is 55.2 Å². The molecule has 0 spiro atoms. The minimum Gasteiger partial charge on any atom is -0.492 e. The van der Waals surface area contributed by atoms with E-state index >= 15 is 0 Å². The van der Waals surface area contributed by atoms with Gasteiger partial charge in [0.15, 0.2) is 0 Å². The summed E-state index contributed by atoms with van der Waals surface area (Å²) in [7, 11) is 0. The molecule has 2 aromatic rings. The third kappa shape index (κ3) is 6.31. The monoisotopic (exact) mass is 474 g/mol. The molecule has 1 aliphatic heterocycles. The number of rotatable bonds is 8. The lowest BCUT2D eigenvalue weighted by atomic mass is 10.1. The van der Waals surface area contributed by atoms with Gasteiger partial charge in [0.25, 0.3) is 11.8 Å². The number of amides is 2. The Morgan fingerprint density at radius 3 is 2.77 bits per heavy atom. The second kappa shape index (κ2) is 10.6. The lowest BCUT2D eigenvalue weighted by Crippen LogP contribution is -2.31. The van der Waals surface area contributed by atoms with Crippen LogP contribution in [-0.2, 0) is 4.74 Å². The van der Waals surface area contributed by atoms with Gasteiger partial charge in [0.05, 0.1) is 18.3 Å². The van der Waals surface area contributed by atoms with Gasteiger partial charge >= 0.3 is 0 Å². The first-order valence-electron chi connectivity index (χ1n) is 10.2. The fraction of sp³-hybridized carbons (Fsp3) is 0.391. The van der Waals surface area contributed by atoms with Crippen molar-refractivity contribution in [3.05, 3.63) is 58.1 Å². The number of nitrogens with one attached hydrogen (secondary N) is 2. The van der Waals surface area contributed by atoms with Crippen molar-refractivity contribution in [3.8, 4) is 5.75 Å². The summed E-state index contributed by atoms with van der Waals surface area (Å²) in [5.74, 6) is 0.376. The van der Waals surface area contributed by atoms with Crippen LogP contribution in [-0.4, -0.2) is 37.7 Å². The molecule has 2 aromatic carbocycles. The maximum Gasteiger partial charge on any atom is 0.259 e. The van der Waals surface area contributed by atoms with Crippen LogP contribution in [0.3, 0.4) is 0 Å². The minimum atomic E-state index is -0.299. The van der Waals surface area contributed by atoms with Crippen molar-refractivity contribution in [2.75, 3.05) is 25.1 Å². The Morgan fingerprint density at radius 1 is 1.20 bits per heavy atom. The average Bonchev–Trinajstić information content (AvgIpc) is 3.24. The Morgan fingerprint density at radius 2 is 2.03 bits per heavy atom. The zero-order valence-corrected chi connectivity index (χ0v) is 18.8. The third-order valence-electron chi connectivity index (χ3n) is 4.66. The highest BCUT2D eigenvalue weighted by molar-refractivity contribution is 9.10. The maximum absolute atomic E-state index is 12.9. The summed E-state index contributed by atoms with van der Waals surface area (Å²) in [6, 6.07) is 12.2. The highest BCUT2D eigenvalue weighted by Crippen LogP contribution is 2.25. The molecule has 160 valence electrons. The van der Waals surface area contributed by atoms with Crippen LogP contribution in [0.1, 0.15) is 47.4 Å². The van der Waals surface area contributed by atoms with Gasteiger partial charge in [-0.3, -0.25) is 9.59 Å². The predicted molar refractivity (Wildman–Crippen MR) is 120 cm³/mol. The fourth-order valence-electron chi connectivity index (χ4n) is 3.11. The van der Waals surface area contributed by atoms with Crippen molar-refractivity contribution in [3.63, 3.8) is 0 Å². The molecule has 2 amide bonds. The number of anilines is 1. The quantitative estimate of drug-likeness (QED) is 0.583. The van der Waals surface area contributed by atoms with Crippen LogP contribution in [0.4, 0.5) is 5.69 Å². The van der Waals surface area contributed by atoms with Crippen LogP contribution in [0, 0.1) is 5.92 Å². The normalized spacial score (nSPS) is 15.8. The molecule has 0 bridgehead atoms. The van der Waals surface area contributed by atoms with Gasteiger partial charge in [0.2, 0.25) is 0 Å². The highest BCUT2D eigenvalue weighted by atomic mass is 79.9. The first kappa shape index (κ1) is 22.3. The van der Waals surface area contributed by atoms with Crippen molar-refractivity contribution in [1.82, 2.24) is 5.32 Å². The van der Waals surface area contributed by atoms with Crippen molar-refractivity contribution in [2.45, 2.75) is 32.8 Å². The zero-order chi connectivity index (χ0) is 21.5. The summed E-state index contributed by atoms with van der Waals surface area (Å²) in [6.45, 7) is 5.86. The summed E-state index contributed by atoms with van der Waals surface area (Å²) in [4.78, 5) is 25.3. The molecule has 0 saturated carbocycles. The molecule has 1 atom stereocenters. The molecule has 0 radical (unpaired) electrons. The summed E-state index contributed by atoms with van der Waals surface area (Å²) in [6.07, 6.45) is 2.07. The van der Waals surface area contributed by atoms with Gasteiger partial charge in [0.1, 0.15) is 5.75 Å². The van der Waals surface area contributed by atoms with E-state index in [1.807, 2.05) is 19.9 Å². The third-order valence-corrected chi connectivity index (χ3v) is 5.15. The van der Waals surface area contributed by atoms with Gasteiger partial charge in [-0.2, -0.15) is 0 Å². The molecule has 0 aliphatic carbocycles. The van der Waals surface area contributed by atoms with Crippen LogP contribution in [0.25, 0.3) is 0 Å². The number of hydrogen-bond acceptors (Lipinski definition) is 4. The van der Waals surface area contributed by atoms with E-state index in [1.54, 1.807) is 36.4 Å². The van der Waals surface area contributed by atoms with E-state index in [0.29, 0.717) is 41.6 Å². The molecule has 1 fully saturated rings. The van der Waals surface area contributed by atoms with Crippen molar-refractivity contribution < 1.29 is 19.1 Å². The predicted octanol–water partition coefficient (Wildman–Crippen LogP) is 4.65. The lowest BCUT2D eigenvalue weighted by molar-refractivity contribution is 0.0857. The van der Waals surface area contributed by atoms with E-state index < -0.39 is 0 Å². The number of ether oxygens (including phenoxy) is 2. The van der Waals surface area contributed by atoms with E-state index in [4.69, 9.17) is 9.47 Å². The van der Waals surface area contributed by atoms with E-state index in [-0.39, 0.29) is 17.9 Å². The minimum absolute atomic E-state index is 0.0811. The highest BCUT2D eigenvalue weighted by Gasteiger charge is 2.18. The molecule has 1 unspecified atom stereocenters. The summed E-state index contributed by atoms with van der Waals surface area (Å²) < 4.78 is 12.1. The number of carbonyl (C=O) groups excluding carboxylic acids is 2. The molecule has 1 aliphatic rings. The van der Waals surface area contributed by atoms with Crippen LogP contribution in [0.5, 0.6) is 5.75 Å². The number of carbonyl (C=O) groups is 2. The first-order valence-corrected chi connectivity index (χ1v) is 10.9. The van der Waals surface area contributed by atoms with Crippen LogP contribution in [0.2, 0.25) is 0 Å². The van der Waals surface area contributed by atoms with E-state index in [0.717, 1.165) is 23.9 Å². The van der Waals surface area contributed by atoms with Gasteiger partial charge in [-0.15, -0.1) is 0 Å². The smallest absolute Gasteiger partial charge is 0.259 e. The fourth-order valence-corrected chi connectivity index (χ4v) is 3.47. The van der Waals surface area contributed by atoms with Gasteiger partial charge in [-0.25, -0.2) is 0 Å². The van der Waals surface area contributed by atoms with Crippen LogP contribution >= 0.6 is 15.9 Å². The Labute approximate surface area is 185 Å². The molecular weight excluding hydrogens is 448 g/mol. The molecule has 1 heterocycles. The number of hydrogen-bond donors (Lipinski definition) is 2. The zero-order valence-electron chi connectivity index (χ0n) is 17.2. The SMILES string of the molecule is CC(C)COc1ccc(Br)cc1C(=O)Nc1cccc(C(=O)NCC2CCCO2)c1. The van der Waals surface area contributed by atoms with E-state index in [2.05, 4.69) is 26.6 Å². The summed E-state index contributed by atoms with van der Waals surface area (Å²) in [5, 5.41) is 5.76. The molecular formula is C23H27BrN2O4. The van der Waals surface area contributed by atoms with Crippen molar-refractivity contribution in [1.29, 1.82) is 0 Å². The Balaban J connectivity index is 1.67. The molecule has 30 heavy (non-hydrogen) atoms. The summed E-state index contributed by atoms with van der Waals surface area (Å²) in [5.41, 5.74) is 1.45.